The topological polar surface area (TPSA) is 26.2 Å². The van der Waals surface area contributed by atoms with Crippen molar-refractivity contribution in [3.05, 3.63) is 54.4 Å². The molecule has 2 heterocycles. The van der Waals surface area contributed by atoms with E-state index < -0.39 is 0 Å². The van der Waals surface area contributed by atoms with Crippen LogP contribution in [-0.2, 0) is 12.3 Å². The van der Waals surface area contributed by atoms with Crippen molar-refractivity contribution in [3.8, 4) is 5.75 Å². The minimum absolute atomic E-state index is 0.693. The number of thioether (sulfide) groups is 1. The van der Waals surface area contributed by atoms with Crippen LogP contribution in [0.4, 0.5) is 0 Å². The summed E-state index contributed by atoms with van der Waals surface area (Å²) in [4.78, 5) is 0. The average Bonchev–Trinajstić information content (AvgIpc) is 3.25. The molecule has 4 heteroatoms. The van der Waals surface area contributed by atoms with Crippen LogP contribution in [0, 0.1) is 0 Å². The third-order valence-corrected chi connectivity index (χ3v) is 5.79. The largest absolute Gasteiger partial charge is 0.497 e. The SMILES string of the molecule is COc1ccc(CS[C@H]2CN[C@H](CCCn3cccc3)C2)cc1. The summed E-state index contributed by atoms with van der Waals surface area (Å²) < 4.78 is 7.48. The van der Waals surface area contributed by atoms with E-state index in [9.17, 15) is 0 Å². The van der Waals surface area contributed by atoms with Crippen LogP contribution in [0.3, 0.4) is 0 Å². The first-order valence-corrected chi connectivity index (χ1v) is 9.47. The Hall–Kier alpha value is -1.39. The number of benzene rings is 1. The molecule has 0 saturated carbocycles. The van der Waals surface area contributed by atoms with Gasteiger partial charge in [-0.15, -0.1) is 0 Å². The summed E-state index contributed by atoms with van der Waals surface area (Å²) in [5, 5.41) is 4.44. The van der Waals surface area contributed by atoms with Gasteiger partial charge in [0, 0.05) is 42.5 Å². The zero-order valence-electron chi connectivity index (χ0n) is 13.8. The molecule has 3 rings (SSSR count). The van der Waals surface area contributed by atoms with Gasteiger partial charge in [-0.1, -0.05) is 12.1 Å². The quantitative estimate of drug-likeness (QED) is 0.794. The van der Waals surface area contributed by atoms with Gasteiger partial charge < -0.3 is 14.6 Å². The second-order valence-electron chi connectivity index (χ2n) is 6.19. The average molecular weight is 330 g/mol. The molecule has 23 heavy (non-hydrogen) atoms. The Bertz CT molecular complexity index is 568. The van der Waals surface area contributed by atoms with E-state index in [0.717, 1.165) is 29.8 Å². The Morgan fingerprint density at radius 1 is 1.22 bits per heavy atom. The van der Waals surface area contributed by atoms with Crippen LogP contribution in [0.15, 0.2) is 48.8 Å². The highest BCUT2D eigenvalue weighted by atomic mass is 32.2. The number of methoxy groups -OCH3 is 1. The molecule has 1 N–H and O–H groups in total. The van der Waals surface area contributed by atoms with Gasteiger partial charge in [-0.25, -0.2) is 0 Å². The van der Waals surface area contributed by atoms with Crippen LogP contribution in [0.5, 0.6) is 5.75 Å². The van der Waals surface area contributed by atoms with E-state index in [4.69, 9.17) is 4.74 Å². The van der Waals surface area contributed by atoms with E-state index in [0.29, 0.717) is 6.04 Å². The van der Waals surface area contributed by atoms with E-state index in [1.165, 1.54) is 24.8 Å². The number of ether oxygens (including phenoxy) is 1. The summed E-state index contributed by atoms with van der Waals surface area (Å²) >= 11 is 2.08. The third kappa shape index (κ3) is 5.05. The number of hydrogen-bond acceptors (Lipinski definition) is 3. The molecule has 2 aromatic rings. The van der Waals surface area contributed by atoms with Crippen molar-refractivity contribution in [3.63, 3.8) is 0 Å². The highest BCUT2D eigenvalue weighted by Crippen LogP contribution is 2.27. The predicted molar refractivity (Wildman–Crippen MR) is 98.2 cm³/mol. The van der Waals surface area contributed by atoms with Crippen LogP contribution in [0.1, 0.15) is 24.8 Å². The van der Waals surface area contributed by atoms with Crippen molar-refractivity contribution < 1.29 is 4.74 Å². The smallest absolute Gasteiger partial charge is 0.118 e. The van der Waals surface area contributed by atoms with E-state index in [-0.39, 0.29) is 0 Å². The van der Waals surface area contributed by atoms with Gasteiger partial charge in [-0.3, -0.25) is 0 Å². The maximum atomic E-state index is 5.21. The number of rotatable bonds is 8. The number of aryl methyl sites for hydroxylation is 1. The third-order valence-electron chi connectivity index (χ3n) is 4.46. The number of hydrogen-bond donors (Lipinski definition) is 1. The maximum Gasteiger partial charge on any atom is 0.118 e. The molecule has 1 aromatic carbocycles. The van der Waals surface area contributed by atoms with E-state index >= 15 is 0 Å². The van der Waals surface area contributed by atoms with Crippen molar-refractivity contribution in [1.29, 1.82) is 0 Å². The van der Waals surface area contributed by atoms with Crippen molar-refractivity contribution in [2.24, 2.45) is 0 Å². The minimum atomic E-state index is 0.693. The fraction of sp³-hybridized carbons (Fsp3) is 0.474. The lowest BCUT2D eigenvalue weighted by atomic mass is 10.1. The summed E-state index contributed by atoms with van der Waals surface area (Å²) in [6.45, 7) is 2.28. The molecule has 1 fully saturated rings. The molecule has 0 amide bonds. The molecule has 1 aliphatic rings. The monoisotopic (exact) mass is 330 g/mol. The maximum absolute atomic E-state index is 5.21. The summed E-state index contributed by atoms with van der Waals surface area (Å²) in [5.74, 6) is 2.02. The molecular formula is C19H26N2OS. The lowest BCUT2D eigenvalue weighted by Gasteiger charge is -2.11. The fourth-order valence-electron chi connectivity index (χ4n) is 3.10. The van der Waals surface area contributed by atoms with E-state index in [2.05, 4.69) is 58.3 Å². The lowest BCUT2D eigenvalue weighted by Crippen LogP contribution is -2.21. The Morgan fingerprint density at radius 3 is 2.74 bits per heavy atom. The first-order valence-electron chi connectivity index (χ1n) is 8.42. The molecule has 124 valence electrons. The summed E-state index contributed by atoms with van der Waals surface area (Å²) in [6, 6.07) is 13.3. The Morgan fingerprint density at radius 2 is 2.00 bits per heavy atom. The normalized spacial score (nSPS) is 20.7. The van der Waals surface area contributed by atoms with Gasteiger partial charge in [0.15, 0.2) is 0 Å². The Kier molecular flexibility index (Phi) is 6.06. The number of aromatic nitrogens is 1. The van der Waals surface area contributed by atoms with Gasteiger partial charge in [-0.05, 0) is 49.1 Å². The number of nitrogens with zero attached hydrogens (tertiary/aromatic N) is 1. The van der Waals surface area contributed by atoms with E-state index in [1.54, 1.807) is 7.11 Å². The highest BCUT2D eigenvalue weighted by Gasteiger charge is 2.23. The van der Waals surface area contributed by atoms with E-state index in [1.807, 2.05) is 12.1 Å². The molecular weight excluding hydrogens is 304 g/mol. The summed E-state index contributed by atoms with van der Waals surface area (Å²) in [6.07, 6.45) is 8.12. The van der Waals surface area contributed by atoms with Crippen molar-refractivity contribution in [2.45, 2.75) is 42.9 Å². The molecule has 0 aliphatic carbocycles. The zero-order chi connectivity index (χ0) is 15.9. The predicted octanol–water partition coefficient (Wildman–Crippen LogP) is 3.94. The lowest BCUT2D eigenvalue weighted by molar-refractivity contribution is 0.414. The Labute approximate surface area is 143 Å². The molecule has 0 spiro atoms. The minimum Gasteiger partial charge on any atom is -0.497 e. The molecule has 1 aromatic heterocycles. The van der Waals surface area contributed by atoms with Crippen molar-refractivity contribution in [1.82, 2.24) is 9.88 Å². The summed E-state index contributed by atoms with van der Waals surface area (Å²) in [7, 11) is 1.71. The van der Waals surface area contributed by atoms with Crippen molar-refractivity contribution in [2.75, 3.05) is 13.7 Å². The number of nitrogens with one attached hydrogen (secondary N) is 1. The molecule has 1 saturated heterocycles. The van der Waals surface area contributed by atoms with Gasteiger partial charge in [0.05, 0.1) is 7.11 Å². The van der Waals surface area contributed by atoms with Crippen LogP contribution in [0.25, 0.3) is 0 Å². The fourth-order valence-corrected chi connectivity index (χ4v) is 4.31. The first-order chi connectivity index (χ1) is 11.3. The van der Waals surface area contributed by atoms with Crippen LogP contribution in [0.2, 0.25) is 0 Å². The van der Waals surface area contributed by atoms with Gasteiger partial charge in [0.1, 0.15) is 5.75 Å². The molecule has 2 atom stereocenters. The van der Waals surface area contributed by atoms with Gasteiger partial charge in [0.25, 0.3) is 0 Å². The highest BCUT2D eigenvalue weighted by molar-refractivity contribution is 7.99. The van der Waals surface area contributed by atoms with Crippen molar-refractivity contribution >= 4 is 11.8 Å². The second kappa shape index (κ2) is 8.46. The zero-order valence-corrected chi connectivity index (χ0v) is 14.6. The first kappa shape index (κ1) is 16.5. The summed E-state index contributed by atoms with van der Waals surface area (Å²) in [5.41, 5.74) is 1.38. The molecule has 0 radical (unpaired) electrons. The Balaban J connectivity index is 1.34. The molecule has 0 bridgehead atoms. The van der Waals surface area contributed by atoms with Gasteiger partial charge in [-0.2, -0.15) is 11.8 Å². The second-order valence-corrected chi connectivity index (χ2v) is 7.47. The van der Waals surface area contributed by atoms with Gasteiger partial charge >= 0.3 is 0 Å². The molecule has 0 unspecified atom stereocenters. The van der Waals surface area contributed by atoms with Gasteiger partial charge in [0.2, 0.25) is 0 Å². The standard InChI is InChI=1S/C19H26N2OS/c1-22-18-8-6-16(7-9-18)15-23-19-13-17(20-14-19)5-4-12-21-10-2-3-11-21/h2-3,6-11,17,19-20H,4-5,12-15H2,1H3/t17-,19-/m1/s1. The molecule has 1 aliphatic heterocycles. The van der Waals surface area contributed by atoms with Crippen LogP contribution >= 0.6 is 11.8 Å². The van der Waals surface area contributed by atoms with Crippen LogP contribution < -0.4 is 10.1 Å². The molecule has 3 nitrogen and oxygen atoms in total. The van der Waals surface area contributed by atoms with Crippen LogP contribution in [-0.4, -0.2) is 29.5 Å².